The number of benzene rings is 2. The molecule has 3 aliphatic rings. The van der Waals surface area contributed by atoms with Gasteiger partial charge in [0.15, 0.2) is 11.5 Å². The minimum absolute atomic E-state index is 0.0205. The first-order valence-electron chi connectivity index (χ1n) is 12.4. The molecular formula is C28H34N2O6. The van der Waals surface area contributed by atoms with Gasteiger partial charge in [0.25, 0.3) is 0 Å². The van der Waals surface area contributed by atoms with Crippen LogP contribution in [0.25, 0.3) is 0 Å². The predicted octanol–water partition coefficient (Wildman–Crippen LogP) is 3.35. The smallest absolute Gasteiger partial charge is 0.246 e. The van der Waals surface area contributed by atoms with Crippen molar-refractivity contribution in [1.29, 1.82) is 0 Å². The molecule has 2 aromatic rings. The monoisotopic (exact) mass is 494 g/mol. The average molecular weight is 495 g/mol. The molecule has 0 unspecified atom stereocenters. The van der Waals surface area contributed by atoms with Gasteiger partial charge < -0.3 is 29.0 Å². The number of nitrogens with zero attached hydrogens (tertiary/aromatic N) is 1. The fourth-order valence-corrected chi connectivity index (χ4v) is 5.98. The molecule has 1 aliphatic carbocycles. The lowest BCUT2D eigenvalue weighted by Crippen LogP contribution is -2.51. The van der Waals surface area contributed by atoms with Crippen LogP contribution in [-0.4, -0.2) is 64.2 Å². The number of hydrogen-bond donors (Lipinski definition) is 1. The molecule has 0 aromatic heterocycles. The number of likely N-dealkylation sites (tertiary alicyclic amines) is 1. The molecule has 2 atom stereocenters. The molecule has 8 heteroatoms. The molecule has 36 heavy (non-hydrogen) atoms. The van der Waals surface area contributed by atoms with E-state index in [2.05, 4.69) is 35.0 Å². The summed E-state index contributed by atoms with van der Waals surface area (Å²) in [5.41, 5.74) is 3.34. The Morgan fingerprint density at radius 1 is 1.22 bits per heavy atom. The molecule has 2 aliphatic heterocycles. The second kappa shape index (κ2) is 10.5. The van der Waals surface area contributed by atoms with E-state index in [0.29, 0.717) is 18.1 Å². The largest absolute Gasteiger partial charge is 0.493 e. The molecule has 1 spiro atoms. The van der Waals surface area contributed by atoms with Crippen LogP contribution in [0.1, 0.15) is 35.6 Å². The molecule has 2 heterocycles. The van der Waals surface area contributed by atoms with Gasteiger partial charge in [0.1, 0.15) is 6.61 Å². The minimum Gasteiger partial charge on any atom is -0.493 e. The van der Waals surface area contributed by atoms with Gasteiger partial charge in [0, 0.05) is 19.1 Å². The van der Waals surface area contributed by atoms with Gasteiger partial charge in [-0.1, -0.05) is 30.3 Å². The van der Waals surface area contributed by atoms with E-state index >= 15 is 0 Å². The number of fused-ring (bicyclic) bond motifs is 3. The lowest BCUT2D eigenvalue weighted by atomic mass is 9.71. The summed E-state index contributed by atoms with van der Waals surface area (Å²) >= 11 is 0. The van der Waals surface area contributed by atoms with Gasteiger partial charge in [-0.05, 0) is 54.8 Å². The topological polar surface area (TPSA) is 78.5 Å². The maximum Gasteiger partial charge on any atom is 0.246 e. The molecule has 0 bridgehead atoms. The Balaban J connectivity index is 1.37. The Labute approximate surface area is 212 Å². The lowest BCUT2D eigenvalue weighted by molar-refractivity contribution is -0.127. The van der Waals surface area contributed by atoms with Crippen molar-refractivity contribution < 1.29 is 28.5 Å². The van der Waals surface area contributed by atoms with Crippen LogP contribution >= 0.6 is 0 Å². The Hall–Kier alpha value is -3.07. The molecular weight excluding hydrogens is 460 g/mol. The standard InChI is InChI=1S/C28H34N2O6/c1-4-13-34-27-25(29-24(31)17-32-2)20-7-5-6-8-21(20)28(27)9-11-30(12-10-28)16-19-14-22(33-3)26-23(15-19)35-18-36-26/h4-8,14-15,25,27H,1,9-13,16-18H2,2-3H3,(H,29,31)/t25-,27+/m1/s1. The van der Waals surface area contributed by atoms with E-state index in [1.165, 1.54) is 12.7 Å². The summed E-state index contributed by atoms with van der Waals surface area (Å²) in [7, 11) is 3.18. The molecule has 1 N–H and O–H groups in total. The van der Waals surface area contributed by atoms with E-state index in [0.717, 1.165) is 49.4 Å². The summed E-state index contributed by atoms with van der Waals surface area (Å²) in [6.45, 7) is 7.10. The molecule has 0 saturated carbocycles. The van der Waals surface area contributed by atoms with Gasteiger partial charge >= 0.3 is 0 Å². The van der Waals surface area contributed by atoms with Gasteiger partial charge in [-0.3, -0.25) is 9.69 Å². The minimum atomic E-state index is -0.228. The van der Waals surface area contributed by atoms with Crippen LogP contribution in [0.2, 0.25) is 0 Å². The van der Waals surface area contributed by atoms with Crippen molar-refractivity contribution in [2.24, 2.45) is 0 Å². The maximum atomic E-state index is 12.5. The van der Waals surface area contributed by atoms with Crippen molar-refractivity contribution in [3.63, 3.8) is 0 Å². The molecule has 0 radical (unpaired) electrons. The molecule has 1 fully saturated rings. The summed E-state index contributed by atoms with van der Waals surface area (Å²) in [6, 6.07) is 12.2. The number of rotatable bonds is 9. The van der Waals surface area contributed by atoms with E-state index in [-0.39, 0.29) is 36.9 Å². The van der Waals surface area contributed by atoms with E-state index in [1.54, 1.807) is 13.2 Å². The highest BCUT2D eigenvalue weighted by Gasteiger charge is 2.54. The first kappa shape index (κ1) is 24.6. The number of carbonyl (C=O) groups excluding carboxylic acids is 1. The Morgan fingerprint density at radius 3 is 2.78 bits per heavy atom. The molecule has 192 valence electrons. The molecule has 8 nitrogen and oxygen atoms in total. The van der Waals surface area contributed by atoms with Crippen LogP contribution in [-0.2, 0) is 26.2 Å². The van der Waals surface area contributed by atoms with Crippen LogP contribution in [0.5, 0.6) is 17.2 Å². The van der Waals surface area contributed by atoms with Crippen LogP contribution in [0, 0.1) is 0 Å². The summed E-state index contributed by atoms with van der Waals surface area (Å²) in [6.07, 6.45) is 3.43. The lowest BCUT2D eigenvalue weighted by Gasteiger charge is -2.44. The van der Waals surface area contributed by atoms with E-state index < -0.39 is 0 Å². The van der Waals surface area contributed by atoms with Crippen molar-refractivity contribution >= 4 is 5.91 Å². The first-order valence-corrected chi connectivity index (χ1v) is 12.4. The zero-order valence-electron chi connectivity index (χ0n) is 21.0. The van der Waals surface area contributed by atoms with Gasteiger partial charge in [-0.25, -0.2) is 0 Å². The zero-order chi connectivity index (χ0) is 25.1. The zero-order valence-corrected chi connectivity index (χ0v) is 21.0. The van der Waals surface area contributed by atoms with Crippen molar-refractivity contribution in [2.75, 3.05) is 47.3 Å². The molecule has 1 saturated heterocycles. The van der Waals surface area contributed by atoms with Crippen molar-refractivity contribution in [3.8, 4) is 17.2 Å². The fourth-order valence-electron chi connectivity index (χ4n) is 5.98. The number of hydrogen-bond acceptors (Lipinski definition) is 7. The maximum absolute atomic E-state index is 12.5. The molecule has 2 aromatic carbocycles. The average Bonchev–Trinajstić information content (AvgIpc) is 3.46. The predicted molar refractivity (Wildman–Crippen MR) is 134 cm³/mol. The fraction of sp³-hybridized carbons (Fsp3) is 0.464. The normalized spacial score (nSPS) is 21.8. The first-order chi connectivity index (χ1) is 17.6. The van der Waals surface area contributed by atoms with Gasteiger partial charge in [0.05, 0.1) is 25.9 Å². The van der Waals surface area contributed by atoms with Gasteiger partial charge in [-0.15, -0.1) is 6.58 Å². The highest BCUT2D eigenvalue weighted by molar-refractivity contribution is 5.78. The number of carbonyl (C=O) groups is 1. The Morgan fingerprint density at radius 2 is 2.03 bits per heavy atom. The summed E-state index contributed by atoms with van der Waals surface area (Å²) < 4.78 is 28.2. The second-order valence-corrected chi connectivity index (χ2v) is 9.57. The number of nitrogens with one attached hydrogen (secondary N) is 1. The van der Waals surface area contributed by atoms with Crippen LogP contribution in [0.4, 0.5) is 0 Å². The van der Waals surface area contributed by atoms with Gasteiger partial charge in [-0.2, -0.15) is 0 Å². The van der Waals surface area contributed by atoms with Crippen molar-refractivity contribution in [1.82, 2.24) is 10.2 Å². The molecule has 5 rings (SSSR count). The SMILES string of the molecule is C=CCO[C@H]1[C@H](NC(=O)COC)c2ccccc2C12CCN(Cc1cc(OC)c3c(c1)OCO3)CC2. The number of ether oxygens (including phenoxy) is 5. The third kappa shape index (κ3) is 4.45. The van der Waals surface area contributed by atoms with Crippen molar-refractivity contribution in [2.45, 2.75) is 36.9 Å². The number of amides is 1. The van der Waals surface area contributed by atoms with E-state index in [9.17, 15) is 4.79 Å². The third-order valence-corrected chi connectivity index (χ3v) is 7.54. The quantitative estimate of drug-likeness (QED) is 0.536. The summed E-state index contributed by atoms with van der Waals surface area (Å²) in [4.78, 5) is 15.0. The Kier molecular flexibility index (Phi) is 7.18. The highest BCUT2D eigenvalue weighted by Crippen LogP contribution is 2.52. The van der Waals surface area contributed by atoms with Gasteiger partial charge in [0.2, 0.25) is 18.4 Å². The molecule has 1 amide bonds. The number of piperidine rings is 1. The van der Waals surface area contributed by atoms with E-state index in [4.69, 9.17) is 23.7 Å². The van der Waals surface area contributed by atoms with Crippen LogP contribution < -0.4 is 19.5 Å². The van der Waals surface area contributed by atoms with Crippen LogP contribution in [0.15, 0.2) is 49.1 Å². The number of methoxy groups -OCH3 is 2. The summed E-state index contributed by atoms with van der Waals surface area (Å²) in [5, 5.41) is 3.18. The second-order valence-electron chi connectivity index (χ2n) is 9.57. The third-order valence-electron chi connectivity index (χ3n) is 7.54. The van der Waals surface area contributed by atoms with Crippen LogP contribution in [0.3, 0.4) is 0 Å². The highest BCUT2D eigenvalue weighted by atomic mass is 16.7. The Bertz CT molecular complexity index is 1110. The summed E-state index contributed by atoms with van der Waals surface area (Å²) in [5.74, 6) is 1.96. The van der Waals surface area contributed by atoms with Crippen molar-refractivity contribution in [3.05, 3.63) is 65.7 Å². The van der Waals surface area contributed by atoms with E-state index in [1.807, 2.05) is 18.2 Å².